The molecule has 0 unspecified atom stereocenters. The second kappa shape index (κ2) is 6.69. The number of carbonyl (C=O) groups is 2. The Kier molecular flexibility index (Phi) is 4.47. The van der Waals surface area contributed by atoms with E-state index in [0.717, 1.165) is 36.5 Å². The summed E-state index contributed by atoms with van der Waals surface area (Å²) in [6, 6.07) is 12.0. The minimum absolute atomic E-state index is 0.811. The van der Waals surface area contributed by atoms with Crippen LogP contribution in [0, 0.1) is 0 Å². The van der Waals surface area contributed by atoms with Gasteiger partial charge in [0.05, 0.1) is 0 Å². The summed E-state index contributed by atoms with van der Waals surface area (Å²) in [5.41, 5.74) is 7.21. The summed E-state index contributed by atoms with van der Waals surface area (Å²) < 4.78 is 0. The van der Waals surface area contributed by atoms with Gasteiger partial charge in [0.1, 0.15) is 12.6 Å². The quantitative estimate of drug-likeness (QED) is 0.785. The van der Waals surface area contributed by atoms with Gasteiger partial charge in [0.2, 0.25) is 0 Å². The highest BCUT2D eigenvalue weighted by atomic mass is 16.1. The first kappa shape index (κ1) is 14.7. The molecular formula is C20H20O2. The molecule has 2 aromatic rings. The zero-order valence-corrected chi connectivity index (χ0v) is 12.7. The summed E-state index contributed by atoms with van der Waals surface area (Å²) in [4.78, 5) is 20.8. The van der Waals surface area contributed by atoms with Crippen LogP contribution >= 0.6 is 0 Å². The van der Waals surface area contributed by atoms with E-state index >= 15 is 0 Å². The van der Waals surface area contributed by atoms with Crippen molar-refractivity contribution >= 4 is 12.6 Å². The van der Waals surface area contributed by atoms with Crippen molar-refractivity contribution in [2.75, 3.05) is 0 Å². The number of fused-ring (bicyclic) bond motifs is 2. The first-order valence-corrected chi connectivity index (χ1v) is 7.94. The molecule has 2 nitrogen and oxygen atoms in total. The van der Waals surface area contributed by atoms with Crippen molar-refractivity contribution in [1.82, 2.24) is 0 Å². The van der Waals surface area contributed by atoms with E-state index in [4.69, 9.17) is 0 Å². The molecule has 0 fully saturated rings. The zero-order chi connectivity index (χ0) is 15.4. The molecular weight excluding hydrogens is 272 g/mol. The second-order valence-electron chi connectivity index (χ2n) is 6.00. The topological polar surface area (TPSA) is 34.1 Å². The highest BCUT2D eigenvalue weighted by Crippen LogP contribution is 2.22. The highest BCUT2D eigenvalue weighted by molar-refractivity contribution is 5.75. The fourth-order valence-electron chi connectivity index (χ4n) is 3.33. The van der Waals surface area contributed by atoms with E-state index in [2.05, 4.69) is 12.1 Å². The minimum Gasteiger partial charge on any atom is -0.298 e. The number of hydrogen-bond acceptors (Lipinski definition) is 2. The molecule has 0 saturated carbocycles. The number of benzene rings is 2. The maximum absolute atomic E-state index is 10.4. The number of rotatable bonds is 2. The van der Waals surface area contributed by atoms with Crippen molar-refractivity contribution in [3.63, 3.8) is 0 Å². The summed E-state index contributed by atoms with van der Waals surface area (Å²) in [6.45, 7) is 0. The van der Waals surface area contributed by atoms with Crippen LogP contribution in [0.2, 0.25) is 0 Å². The molecule has 0 aromatic heterocycles. The van der Waals surface area contributed by atoms with Gasteiger partial charge in [-0.15, -0.1) is 0 Å². The molecule has 0 amide bonds. The van der Waals surface area contributed by atoms with Crippen LogP contribution in [0.15, 0.2) is 36.4 Å². The lowest BCUT2D eigenvalue weighted by Crippen LogP contribution is -1.85. The van der Waals surface area contributed by atoms with Gasteiger partial charge in [-0.05, 0) is 72.9 Å². The third-order valence-electron chi connectivity index (χ3n) is 4.52. The molecule has 0 heterocycles. The van der Waals surface area contributed by atoms with Crippen LogP contribution < -0.4 is 0 Å². The predicted molar refractivity (Wildman–Crippen MR) is 87.7 cm³/mol. The Hall–Kier alpha value is -2.22. The molecule has 0 saturated heterocycles. The van der Waals surface area contributed by atoms with Gasteiger partial charge < -0.3 is 0 Å². The van der Waals surface area contributed by atoms with Crippen molar-refractivity contribution in [2.45, 2.75) is 38.5 Å². The molecule has 22 heavy (non-hydrogen) atoms. The predicted octanol–water partition coefficient (Wildman–Crippen LogP) is 3.98. The van der Waals surface area contributed by atoms with E-state index in [1.807, 2.05) is 24.3 Å². The van der Waals surface area contributed by atoms with Crippen LogP contribution in [-0.2, 0) is 25.7 Å². The molecule has 2 aliphatic carbocycles. The van der Waals surface area contributed by atoms with Gasteiger partial charge in [0.25, 0.3) is 0 Å². The summed E-state index contributed by atoms with van der Waals surface area (Å²) in [5, 5.41) is 0. The third kappa shape index (κ3) is 3.16. The first-order valence-electron chi connectivity index (χ1n) is 7.94. The largest absolute Gasteiger partial charge is 0.298 e. The minimum atomic E-state index is 0.811. The molecule has 2 aliphatic rings. The smallest absolute Gasteiger partial charge is 0.150 e. The fourth-order valence-corrected chi connectivity index (χ4v) is 3.33. The molecule has 0 spiro atoms. The van der Waals surface area contributed by atoms with Crippen molar-refractivity contribution < 1.29 is 9.59 Å². The molecule has 0 atom stereocenters. The van der Waals surface area contributed by atoms with Crippen LogP contribution in [0.25, 0.3) is 0 Å². The lowest BCUT2D eigenvalue weighted by molar-refractivity contribution is 0.111. The Labute approximate surface area is 131 Å². The van der Waals surface area contributed by atoms with Crippen LogP contribution in [0.1, 0.15) is 55.8 Å². The summed E-state index contributed by atoms with van der Waals surface area (Å²) in [6.07, 6.45) is 9.00. The highest BCUT2D eigenvalue weighted by Gasteiger charge is 2.10. The van der Waals surface area contributed by atoms with Crippen LogP contribution in [-0.4, -0.2) is 12.6 Å². The van der Waals surface area contributed by atoms with Crippen molar-refractivity contribution in [2.24, 2.45) is 0 Å². The molecule has 2 heteroatoms. The van der Waals surface area contributed by atoms with Crippen molar-refractivity contribution in [1.29, 1.82) is 0 Å². The molecule has 0 N–H and O–H groups in total. The van der Waals surface area contributed by atoms with Gasteiger partial charge >= 0.3 is 0 Å². The number of aryl methyl sites for hydroxylation is 4. The lowest BCUT2D eigenvalue weighted by Gasteiger charge is -1.97. The van der Waals surface area contributed by atoms with Gasteiger partial charge in [0.15, 0.2) is 0 Å². The van der Waals surface area contributed by atoms with E-state index in [1.165, 1.54) is 47.9 Å². The fraction of sp³-hybridized carbons (Fsp3) is 0.300. The van der Waals surface area contributed by atoms with Gasteiger partial charge in [-0.2, -0.15) is 0 Å². The van der Waals surface area contributed by atoms with Crippen molar-refractivity contribution in [3.05, 3.63) is 69.8 Å². The molecule has 0 aliphatic heterocycles. The Morgan fingerprint density at radius 1 is 0.591 bits per heavy atom. The SMILES string of the molecule is O=Cc1ccc2c(c1)CCC2.O=Cc1ccc2c(c1)CCC2. The average Bonchev–Trinajstić information content (AvgIpc) is 3.22. The van der Waals surface area contributed by atoms with Crippen LogP contribution in [0.5, 0.6) is 0 Å². The number of carbonyl (C=O) groups excluding carboxylic acids is 2. The summed E-state index contributed by atoms with van der Waals surface area (Å²) in [5.74, 6) is 0. The first-order chi connectivity index (χ1) is 10.8. The second-order valence-corrected chi connectivity index (χ2v) is 6.00. The molecule has 2 aromatic carbocycles. The van der Waals surface area contributed by atoms with Crippen molar-refractivity contribution in [3.8, 4) is 0 Å². The Morgan fingerprint density at radius 2 is 1.00 bits per heavy atom. The molecule has 0 bridgehead atoms. The van der Waals surface area contributed by atoms with E-state index in [-0.39, 0.29) is 0 Å². The van der Waals surface area contributed by atoms with Gasteiger partial charge in [-0.25, -0.2) is 0 Å². The van der Waals surface area contributed by atoms with Crippen LogP contribution in [0.4, 0.5) is 0 Å². The van der Waals surface area contributed by atoms with Gasteiger partial charge in [-0.1, -0.05) is 24.3 Å². The monoisotopic (exact) mass is 292 g/mol. The number of aldehydes is 2. The van der Waals surface area contributed by atoms with Gasteiger partial charge in [-0.3, -0.25) is 9.59 Å². The average molecular weight is 292 g/mol. The van der Waals surface area contributed by atoms with E-state index in [9.17, 15) is 9.59 Å². The van der Waals surface area contributed by atoms with Crippen LogP contribution in [0.3, 0.4) is 0 Å². The lowest BCUT2D eigenvalue weighted by atomic mass is 10.1. The van der Waals surface area contributed by atoms with E-state index in [0.29, 0.717) is 0 Å². The Morgan fingerprint density at radius 3 is 1.41 bits per heavy atom. The molecule has 112 valence electrons. The van der Waals surface area contributed by atoms with E-state index in [1.54, 1.807) is 0 Å². The summed E-state index contributed by atoms with van der Waals surface area (Å²) in [7, 11) is 0. The third-order valence-corrected chi connectivity index (χ3v) is 4.52. The summed E-state index contributed by atoms with van der Waals surface area (Å²) >= 11 is 0. The van der Waals surface area contributed by atoms with E-state index < -0.39 is 0 Å². The maximum atomic E-state index is 10.4. The molecule has 0 radical (unpaired) electrons. The standard InChI is InChI=1S/2C10H10O/c2*11-7-8-4-5-9-2-1-3-10(9)6-8/h2*4-7H,1-3H2. The molecule has 4 rings (SSSR count). The number of hydrogen-bond donors (Lipinski definition) is 0. The maximum Gasteiger partial charge on any atom is 0.150 e. The zero-order valence-electron chi connectivity index (χ0n) is 12.7. The van der Waals surface area contributed by atoms with Gasteiger partial charge in [0, 0.05) is 11.1 Å². The normalized spacial score (nSPS) is 14.5. The Bertz CT molecular complexity index is 639. The Balaban J connectivity index is 0.000000131.